The SMILES string of the molecule is C[C@H](CC1CCOCC1)NCc1cc(C#N)ccc1F. The van der Waals surface area contributed by atoms with E-state index in [2.05, 4.69) is 12.2 Å². The number of ether oxygens (including phenoxy) is 1. The molecule has 1 aromatic rings. The third-order valence-electron chi connectivity index (χ3n) is 3.84. The maximum absolute atomic E-state index is 13.6. The van der Waals surface area contributed by atoms with Gasteiger partial charge in [0.1, 0.15) is 5.82 Å². The average Bonchev–Trinajstić information content (AvgIpc) is 2.47. The molecule has 0 unspecified atom stereocenters. The molecular formula is C16H21FN2O. The van der Waals surface area contributed by atoms with Crippen LogP contribution in [0, 0.1) is 23.1 Å². The van der Waals surface area contributed by atoms with E-state index in [4.69, 9.17) is 10.00 Å². The number of hydrogen-bond donors (Lipinski definition) is 1. The first-order valence-electron chi connectivity index (χ1n) is 7.18. The average molecular weight is 276 g/mol. The van der Waals surface area contributed by atoms with Crippen LogP contribution >= 0.6 is 0 Å². The lowest BCUT2D eigenvalue weighted by Crippen LogP contribution is -2.30. The van der Waals surface area contributed by atoms with Gasteiger partial charge in [0.05, 0.1) is 11.6 Å². The number of rotatable bonds is 5. The molecule has 4 heteroatoms. The number of nitrogens with one attached hydrogen (secondary N) is 1. The number of nitrogens with zero attached hydrogens (tertiary/aromatic N) is 1. The maximum Gasteiger partial charge on any atom is 0.127 e. The number of benzene rings is 1. The van der Waals surface area contributed by atoms with Gasteiger partial charge in [0, 0.05) is 31.4 Å². The van der Waals surface area contributed by atoms with Crippen molar-refractivity contribution < 1.29 is 9.13 Å². The van der Waals surface area contributed by atoms with Crippen molar-refractivity contribution in [1.29, 1.82) is 5.26 Å². The second-order valence-electron chi connectivity index (χ2n) is 5.49. The normalized spacial score (nSPS) is 17.6. The van der Waals surface area contributed by atoms with Crippen molar-refractivity contribution >= 4 is 0 Å². The van der Waals surface area contributed by atoms with Crippen LogP contribution < -0.4 is 5.32 Å². The van der Waals surface area contributed by atoms with Gasteiger partial charge in [-0.15, -0.1) is 0 Å². The highest BCUT2D eigenvalue weighted by Crippen LogP contribution is 2.20. The largest absolute Gasteiger partial charge is 0.381 e. The molecule has 0 aliphatic carbocycles. The second kappa shape index (κ2) is 7.37. The van der Waals surface area contributed by atoms with Crippen LogP contribution in [0.3, 0.4) is 0 Å². The zero-order valence-corrected chi connectivity index (χ0v) is 11.9. The first kappa shape index (κ1) is 15.0. The maximum atomic E-state index is 13.6. The topological polar surface area (TPSA) is 45.0 Å². The van der Waals surface area contributed by atoms with E-state index in [0.29, 0.717) is 29.6 Å². The lowest BCUT2D eigenvalue weighted by molar-refractivity contribution is 0.0611. The van der Waals surface area contributed by atoms with Gasteiger partial charge >= 0.3 is 0 Å². The fourth-order valence-electron chi connectivity index (χ4n) is 2.63. The molecule has 3 nitrogen and oxygen atoms in total. The minimum absolute atomic E-state index is 0.255. The lowest BCUT2D eigenvalue weighted by Gasteiger charge is -2.25. The summed E-state index contributed by atoms with van der Waals surface area (Å²) in [7, 11) is 0. The van der Waals surface area contributed by atoms with Gasteiger partial charge in [-0.2, -0.15) is 5.26 Å². The van der Waals surface area contributed by atoms with Crippen LogP contribution in [0.2, 0.25) is 0 Å². The minimum Gasteiger partial charge on any atom is -0.381 e. The molecule has 0 aromatic heterocycles. The number of halogens is 1. The molecule has 20 heavy (non-hydrogen) atoms. The van der Waals surface area contributed by atoms with Crippen LogP contribution in [0.25, 0.3) is 0 Å². The van der Waals surface area contributed by atoms with Gasteiger partial charge in [0.2, 0.25) is 0 Å². The van der Waals surface area contributed by atoms with Crippen LogP contribution in [0.4, 0.5) is 4.39 Å². The van der Waals surface area contributed by atoms with E-state index in [1.54, 1.807) is 6.07 Å². The summed E-state index contributed by atoms with van der Waals surface area (Å²) in [6, 6.07) is 6.85. The molecule has 1 N–H and O–H groups in total. The van der Waals surface area contributed by atoms with Gasteiger partial charge in [0.15, 0.2) is 0 Å². The van der Waals surface area contributed by atoms with Gasteiger partial charge in [-0.1, -0.05) is 0 Å². The fraction of sp³-hybridized carbons (Fsp3) is 0.562. The van der Waals surface area contributed by atoms with Crippen molar-refractivity contribution in [3.8, 4) is 6.07 Å². The van der Waals surface area contributed by atoms with Crippen LogP contribution in [0.15, 0.2) is 18.2 Å². The van der Waals surface area contributed by atoms with E-state index < -0.39 is 0 Å². The predicted molar refractivity (Wildman–Crippen MR) is 75.6 cm³/mol. The summed E-state index contributed by atoms with van der Waals surface area (Å²) in [5, 5.41) is 12.2. The molecule has 1 aliphatic heterocycles. The Labute approximate surface area is 119 Å². The monoisotopic (exact) mass is 276 g/mol. The van der Waals surface area contributed by atoms with Crippen molar-refractivity contribution in [3.63, 3.8) is 0 Å². The summed E-state index contributed by atoms with van der Waals surface area (Å²) in [6.45, 7) is 4.31. The fourth-order valence-corrected chi connectivity index (χ4v) is 2.63. The Morgan fingerprint density at radius 1 is 1.45 bits per heavy atom. The number of nitriles is 1. The molecule has 1 aliphatic rings. The molecule has 1 saturated heterocycles. The Kier molecular flexibility index (Phi) is 5.51. The first-order chi connectivity index (χ1) is 9.69. The number of hydrogen-bond acceptors (Lipinski definition) is 3. The quantitative estimate of drug-likeness (QED) is 0.899. The summed E-state index contributed by atoms with van der Waals surface area (Å²) in [5.74, 6) is 0.441. The minimum atomic E-state index is -0.255. The first-order valence-corrected chi connectivity index (χ1v) is 7.18. The molecule has 0 bridgehead atoms. The molecule has 108 valence electrons. The zero-order chi connectivity index (χ0) is 14.4. The Morgan fingerprint density at radius 3 is 2.90 bits per heavy atom. The highest BCUT2D eigenvalue weighted by Gasteiger charge is 2.16. The van der Waals surface area contributed by atoms with E-state index in [-0.39, 0.29) is 5.82 Å². The van der Waals surface area contributed by atoms with Crippen LogP contribution in [0.5, 0.6) is 0 Å². The lowest BCUT2D eigenvalue weighted by atomic mass is 9.93. The molecule has 1 aromatic carbocycles. The zero-order valence-electron chi connectivity index (χ0n) is 11.9. The standard InChI is InChI=1S/C16H21FN2O/c1-12(8-13-4-6-20-7-5-13)19-11-15-9-14(10-18)2-3-16(15)17/h2-3,9,12-13,19H,4-8,11H2,1H3/t12-/m1/s1. The van der Waals surface area contributed by atoms with Crippen LogP contribution in [-0.2, 0) is 11.3 Å². The van der Waals surface area contributed by atoms with E-state index >= 15 is 0 Å². The van der Waals surface area contributed by atoms with Crippen molar-refractivity contribution in [2.24, 2.45) is 5.92 Å². The third kappa shape index (κ3) is 4.29. The molecule has 1 atom stereocenters. The van der Waals surface area contributed by atoms with Crippen molar-refractivity contribution in [2.75, 3.05) is 13.2 Å². The van der Waals surface area contributed by atoms with Gasteiger partial charge in [-0.05, 0) is 50.3 Å². The Bertz CT molecular complexity index is 478. The van der Waals surface area contributed by atoms with Gasteiger partial charge < -0.3 is 10.1 Å². The van der Waals surface area contributed by atoms with E-state index in [9.17, 15) is 4.39 Å². The van der Waals surface area contributed by atoms with Crippen LogP contribution in [0.1, 0.15) is 37.3 Å². The molecular weight excluding hydrogens is 255 g/mol. The summed E-state index contributed by atoms with van der Waals surface area (Å²) in [5.41, 5.74) is 1.06. The smallest absolute Gasteiger partial charge is 0.127 e. The van der Waals surface area contributed by atoms with Crippen molar-refractivity contribution in [1.82, 2.24) is 5.32 Å². The Hall–Kier alpha value is -1.44. The van der Waals surface area contributed by atoms with Gasteiger partial charge in [-0.3, -0.25) is 0 Å². The van der Waals surface area contributed by atoms with Gasteiger partial charge in [0.25, 0.3) is 0 Å². The molecule has 2 rings (SSSR count). The van der Waals surface area contributed by atoms with Gasteiger partial charge in [-0.25, -0.2) is 4.39 Å². The Morgan fingerprint density at radius 2 is 2.20 bits per heavy atom. The van der Waals surface area contributed by atoms with E-state index in [1.807, 2.05) is 6.07 Å². The third-order valence-corrected chi connectivity index (χ3v) is 3.84. The molecule has 1 heterocycles. The van der Waals surface area contributed by atoms with Crippen molar-refractivity contribution in [3.05, 3.63) is 35.1 Å². The van der Waals surface area contributed by atoms with Crippen LogP contribution in [-0.4, -0.2) is 19.3 Å². The second-order valence-corrected chi connectivity index (χ2v) is 5.49. The molecule has 0 amide bonds. The summed E-state index contributed by atoms with van der Waals surface area (Å²) in [4.78, 5) is 0. The highest BCUT2D eigenvalue weighted by molar-refractivity contribution is 5.33. The van der Waals surface area contributed by atoms with Crippen molar-refractivity contribution in [2.45, 2.75) is 38.8 Å². The predicted octanol–water partition coefficient (Wildman–Crippen LogP) is 2.99. The highest BCUT2D eigenvalue weighted by atomic mass is 19.1. The summed E-state index contributed by atoms with van der Waals surface area (Å²) < 4.78 is 19.0. The molecule has 1 fully saturated rings. The van der Waals surface area contributed by atoms with E-state index in [1.165, 1.54) is 12.1 Å². The Balaban J connectivity index is 1.83. The summed E-state index contributed by atoms with van der Waals surface area (Å²) >= 11 is 0. The summed E-state index contributed by atoms with van der Waals surface area (Å²) in [6.07, 6.45) is 3.32. The molecule has 0 saturated carbocycles. The molecule has 0 radical (unpaired) electrons. The van der Waals surface area contributed by atoms with E-state index in [0.717, 1.165) is 32.5 Å². The molecule has 0 spiro atoms.